The SMILES string of the molecule is CC(C)(C)OC(=O)ON=[N+]=[N-]. The quantitative estimate of drug-likeness (QED) is 0.193. The van der Waals surface area contributed by atoms with Gasteiger partial charge < -0.3 is 9.57 Å². The second kappa shape index (κ2) is 3.68. The van der Waals surface area contributed by atoms with Crippen LogP contribution in [0.4, 0.5) is 4.79 Å². The second-order valence-electron chi connectivity index (χ2n) is 2.73. The fraction of sp³-hybridized carbons (Fsp3) is 0.800. The van der Waals surface area contributed by atoms with Gasteiger partial charge in [-0.3, -0.25) is 0 Å². The Morgan fingerprint density at radius 3 is 2.45 bits per heavy atom. The summed E-state index contributed by atoms with van der Waals surface area (Å²) < 4.78 is 4.61. The summed E-state index contributed by atoms with van der Waals surface area (Å²) in [6.07, 6.45) is -1.00. The van der Waals surface area contributed by atoms with E-state index in [-0.39, 0.29) is 0 Å². The lowest BCUT2D eigenvalue weighted by Crippen LogP contribution is -2.23. The third-order valence-electron chi connectivity index (χ3n) is 0.541. The molecule has 0 atom stereocenters. The maximum absolute atomic E-state index is 10.5. The molecule has 0 rings (SSSR count). The lowest BCUT2D eigenvalue weighted by Gasteiger charge is -2.16. The van der Waals surface area contributed by atoms with Crippen LogP contribution in [-0.2, 0) is 9.57 Å². The van der Waals surface area contributed by atoms with Gasteiger partial charge in [0.1, 0.15) is 10.9 Å². The third-order valence-corrected chi connectivity index (χ3v) is 0.541. The number of ether oxygens (including phenoxy) is 1. The number of nitrogens with zero attached hydrogens (tertiary/aromatic N) is 3. The molecule has 0 aliphatic heterocycles. The Kier molecular flexibility index (Phi) is 3.20. The Hall–Kier alpha value is -1.42. The molecule has 6 nitrogen and oxygen atoms in total. The number of hydrogen-bond acceptors (Lipinski definition) is 4. The fourth-order valence-corrected chi connectivity index (χ4v) is 0.320. The first-order chi connectivity index (χ1) is 4.95. The number of rotatable bonds is 1. The van der Waals surface area contributed by atoms with E-state index in [0.29, 0.717) is 0 Å². The minimum atomic E-state index is -1.00. The van der Waals surface area contributed by atoms with E-state index in [1.54, 1.807) is 20.8 Å². The molecule has 0 saturated heterocycles. The van der Waals surface area contributed by atoms with Crippen LogP contribution in [0.2, 0.25) is 0 Å². The maximum Gasteiger partial charge on any atom is 0.520 e. The monoisotopic (exact) mass is 159 g/mol. The zero-order valence-corrected chi connectivity index (χ0v) is 6.57. The zero-order chi connectivity index (χ0) is 8.91. The minimum Gasteiger partial charge on any atom is -0.428 e. The van der Waals surface area contributed by atoms with Crippen molar-refractivity contribution in [2.24, 2.45) is 5.28 Å². The van der Waals surface area contributed by atoms with Crippen molar-refractivity contribution in [1.29, 1.82) is 0 Å². The average molecular weight is 159 g/mol. The highest BCUT2D eigenvalue weighted by molar-refractivity contribution is 5.60. The van der Waals surface area contributed by atoms with Crippen LogP contribution >= 0.6 is 0 Å². The van der Waals surface area contributed by atoms with Gasteiger partial charge in [-0.15, -0.1) is 0 Å². The summed E-state index contributed by atoms with van der Waals surface area (Å²) in [5.74, 6) is 0. The summed E-state index contributed by atoms with van der Waals surface area (Å²) >= 11 is 0. The summed E-state index contributed by atoms with van der Waals surface area (Å²) in [4.78, 5) is 16.6. The van der Waals surface area contributed by atoms with Gasteiger partial charge in [0.2, 0.25) is 0 Å². The summed E-state index contributed by atoms with van der Waals surface area (Å²) in [5.41, 5.74) is 7.10. The largest absolute Gasteiger partial charge is 0.520 e. The fourth-order valence-electron chi connectivity index (χ4n) is 0.320. The lowest BCUT2D eigenvalue weighted by molar-refractivity contribution is -0.00729. The molecule has 62 valence electrons. The van der Waals surface area contributed by atoms with E-state index in [4.69, 9.17) is 5.53 Å². The van der Waals surface area contributed by atoms with E-state index in [1.807, 2.05) is 0 Å². The molecule has 0 radical (unpaired) electrons. The van der Waals surface area contributed by atoms with Crippen LogP contribution in [0.25, 0.3) is 10.4 Å². The first-order valence-electron chi connectivity index (χ1n) is 2.90. The van der Waals surface area contributed by atoms with Gasteiger partial charge in [-0.05, 0) is 26.3 Å². The summed E-state index contributed by atoms with van der Waals surface area (Å²) in [6, 6.07) is 0. The van der Waals surface area contributed by atoms with Gasteiger partial charge in [-0.2, -0.15) is 0 Å². The van der Waals surface area contributed by atoms with Crippen LogP contribution in [0.3, 0.4) is 0 Å². The third kappa shape index (κ3) is 6.47. The molecule has 0 aliphatic rings. The first-order valence-corrected chi connectivity index (χ1v) is 2.90. The molecule has 0 heterocycles. The van der Waals surface area contributed by atoms with E-state index in [0.717, 1.165) is 0 Å². The van der Waals surface area contributed by atoms with Crippen molar-refractivity contribution in [2.45, 2.75) is 26.4 Å². The van der Waals surface area contributed by atoms with Gasteiger partial charge in [-0.25, -0.2) is 4.79 Å². The molecular weight excluding hydrogens is 150 g/mol. The van der Waals surface area contributed by atoms with Crippen molar-refractivity contribution in [3.8, 4) is 0 Å². The Bertz CT molecular complexity index is 190. The molecule has 0 aromatic heterocycles. The van der Waals surface area contributed by atoms with E-state index in [1.165, 1.54) is 0 Å². The number of carbonyl (C=O) groups excluding carboxylic acids is 1. The normalized spacial score (nSPS) is 9.73. The molecule has 11 heavy (non-hydrogen) atoms. The van der Waals surface area contributed by atoms with Gasteiger partial charge in [0.15, 0.2) is 0 Å². The molecule has 0 bridgehead atoms. The van der Waals surface area contributed by atoms with E-state index < -0.39 is 11.8 Å². The van der Waals surface area contributed by atoms with Crippen LogP contribution in [0.1, 0.15) is 20.8 Å². The van der Waals surface area contributed by atoms with E-state index in [2.05, 4.69) is 19.8 Å². The zero-order valence-electron chi connectivity index (χ0n) is 6.57. The number of hydrogen-bond donors (Lipinski definition) is 0. The Morgan fingerprint density at radius 1 is 1.55 bits per heavy atom. The van der Waals surface area contributed by atoms with E-state index in [9.17, 15) is 4.79 Å². The molecule has 0 aromatic rings. The highest BCUT2D eigenvalue weighted by Gasteiger charge is 2.16. The van der Waals surface area contributed by atoms with Crippen molar-refractivity contribution in [3.63, 3.8) is 0 Å². The Morgan fingerprint density at radius 2 is 2.09 bits per heavy atom. The summed E-state index contributed by atoms with van der Waals surface area (Å²) in [7, 11) is 0. The van der Waals surface area contributed by atoms with Crippen LogP contribution in [0.15, 0.2) is 5.28 Å². The molecule has 0 amide bonds. The van der Waals surface area contributed by atoms with Crippen LogP contribution < -0.4 is 0 Å². The predicted molar refractivity (Wildman–Crippen MR) is 36.5 cm³/mol. The van der Waals surface area contributed by atoms with Crippen LogP contribution in [-0.4, -0.2) is 11.8 Å². The predicted octanol–water partition coefficient (Wildman–Crippen LogP) is 2.16. The number of carbonyl (C=O) groups is 1. The van der Waals surface area contributed by atoms with Crippen molar-refractivity contribution in [1.82, 2.24) is 0 Å². The van der Waals surface area contributed by atoms with Crippen LogP contribution in [0, 0.1) is 0 Å². The average Bonchev–Trinajstić information content (AvgIpc) is 1.79. The van der Waals surface area contributed by atoms with Crippen molar-refractivity contribution < 1.29 is 14.4 Å². The van der Waals surface area contributed by atoms with Gasteiger partial charge in [0.25, 0.3) is 0 Å². The summed E-state index contributed by atoms with van der Waals surface area (Å²) in [5, 5.41) is 2.56. The molecule has 0 aliphatic carbocycles. The Balaban J connectivity index is 3.79. The first kappa shape index (κ1) is 9.58. The van der Waals surface area contributed by atoms with Gasteiger partial charge >= 0.3 is 6.16 Å². The molecule has 0 N–H and O–H groups in total. The van der Waals surface area contributed by atoms with E-state index >= 15 is 0 Å². The lowest BCUT2D eigenvalue weighted by atomic mass is 10.2. The van der Waals surface area contributed by atoms with Gasteiger partial charge in [0.05, 0.1) is 0 Å². The maximum atomic E-state index is 10.5. The molecule has 6 heteroatoms. The van der Waals surface area contributed by atoms with Crippen molar-refractivity contribution in [3.05, 3.63) is 10.4 Å². The highest BCUT2D eigenvalue weighted by atomic mass is 16.8. The molecule has 0 fully saturated rings. The topological polar surface area (TPSA) is 84.3 Å². The standard InChI is InChI=1S/C5H9N3O3/c1-5(2,3)10-4(9)11-8-7-6/h1-3H3. The second-order valence-corrected chi connectivity index (χ2v) is 2.73. The highest BCUT2D eigenvalue weighted by Crippen LogP contribution is 2.07. The summed E-state index contributed by atoms with van der Waals surface area (Å²) in [6.45, 7) is 5.01. The minimum absolute atomic E-state index is 0.637. The van der Waals surface area contributed by atoms with Gasteiger partial charge in [0, 0.05) is 4.91 Å². The molecule has 0 saturated carbocycles. The molecular formula is C5H9N3O3. The smallest absolute Gasteiger partial charge is 0.428 e. The van der Waals surface area contributed by atoms with Crippen molar-refractivity contribution >= 4 is 6.16 Å². The Labute approximate surface area is 63.7 Å². The molecule has 0 aromatic carbocycles. The van der Waals surface area contributed by atoms with Crippen molar-refractivity contribution in [2.75, 3.05) is 0 Å². The van der Waals surface area contributed by atoms with Crippen LogP contribution in [0.5, 0.6) is 0 Å². The molecule has 0 spiro atoms. The molecule has 0 unspecified atom stereocenters. The number of azide groups is 1. The van der Waals surface area contributed by atoms with Gasteiger partial charge in [-0.1, -0.05) is 0 Å².